The predicted molar refractivity (Wildman–Crippen MR) is 130 cm³/mol. The molecule has 1 N–H and O–H groups in total. The van der Waals surface area contributed by atoms with Gasteiger partial charge in [0, 0.05) is 11.9 Å². The van der Waals surface area contributed by atoms with Crippen molar-refractivity contribution in [2.75, 3.05) is 13.6 Å². The van der Waals surface area contributed by atoms with Gasteiger partial charge in [0.25, 0.3) is 0 Å². The number of hydrogen-bond acceptors (Lipinski definition) is 5. The van der Waals surface area contributed by atoms with Gasteiger partial charge < -0.3 is 5.32 Å². The monoisotopic (exact) mass is 481 g/mol. The Morgan fingerprint density at radius 2 is 1.82 bits per heavy atom. The lowest BCUT2D eigenvalue weighted by Crippen LogP contribution is -2.40. The van der Waals surface area contributed by atoms with E-state index in [1.165, 1.54) is 48.2 Å². The topological polar surface area (TPSA) is 90.3 Å². The van der Waals surface area contributed by atoms with Crippen LogP contribution in [0.4, 0.5) is 0 Å². The average molecular weight is 482 g/mol. The van der Waals surface area contributed by atoms with Crippen LogP contribution in [0, 0.1) is 11.3 Å². The maximum absolute atomic E-state index is 12.9. The van der Waals surface area contributed by atoms with Gasteiger partial charge in [0.15, 0.2) is 0 Å². The van der Waals surface area contributed by atoms with E-state index in [-0.39, 0.29) is 17.5 Å². The van der Waals surface area contributed by atoms with Crippen molar-refractivity contribution >= 4 is 27.3 Å². The summed E-state index contributed by atoms with van der Waals surface area (Å²) >= 11 is 1.54. The van der Waals surface area contributed by atoms with Gasteiger partial charge >= 0.3 is 0 Å². The summed E-state index contributed by atoms with van der Waals surface area (Å²) in [5.41, 5.74) is 2.57. The lowest BCUT2D eigenvalue weighted by Gasteiger charge is -2.21. The molecule has 1 unspecified atom stereocenters. The molecule has 0 saturated carbocycles. The minimum atomic E-state index is -3.86. The number of nitriles is 1. The summed E-state index contributed by atoms with van der Waals surface area (Å²) in [7, 11) is -2.49. The minimum Gasteiger partial charge on any atom is -0.343 e. The summed E-state index contributed by atoms with van der Waals surface area (Å²) in [5.74, 6) is -0.400. The first-order valence-corrected chi connectivity index (χ1v) is 13.0. The zero-order valence-electron chi connectivity index (χ0n) is 18.7. The third-order valence-corrected chi connectivity index (χ3v) is 8.08. The summed E-state index contributed by atoms with van der Waals surface area (Å²) < 4.78 is 26.7. The molecule has 1 heterocycles. The van der Waals surface area contributed by atoms with E-state index in [1.54, 1.807) is 0 Å². The van der Waals surface area contributed by atoms with Crippen LogP contribution in [0.25, 0.3) is 0 Å². The Bertz CT molecular complexity index is 1200. The van der Waals surface area contributed by atoms with Gasteiger partial charge in [-0.3, -0.25) is 4.79 Å². The highest BCUT2D eigenvalue weighted by Gasteiger charge is 2.25. The summed E-state index contributed by atoms with van der Waals surface area (Å²) in [6.07, 6.45) is 3.28. The van der Waals surface area contributed by atoms with E-state index in [1.807, 2.05) is 35.7 Å². The van der Waals surface area contributed by atoms with Gasteiger partial charge in [-0.2, -0.15) is 9.57 Å². The standard InChI is InChI=1S/C25H27N3O3S2/c1-3-4-6-19-8-12-21(13-9-19)25(23-7-5-16-32-23)27-24(29)18-28(2)33(30,31)22-14-10-20(17-26)11-15-22/h5,7-16,25H,3-4,6,18H2,1-2H3,(H,27,29). The van der Waals surface area contributed by atoms with Crippen molar-refractivity contribution in [2.45, 2.75) is 37.1 Å². The lowest BCUT2D eigenvalue weighted by molar-refractivity contribution is -0.121. The molecule has 0 bridgehead atoms. The van der Waals surface area contributed by atoms with Crippen LogP contribution in [-0.4, -0.2) is 32.2 Å². The fraction of sp³-hybridized carbons (Fsp3) is 0.280. The molecule has 0 aliphatic rings. The molecule has 0 fully saturated rings. The zero-order chi connectivity index (χ0) is 23.8. The number of nitrogens with zero attached hydrogens (tertiary/aromatic N) is 2. The second-order valence-corrected chi connectivity index (χ2v) is 10.8. The first kappa shape index (κ1) is 24.6. The largest absolute Gasteiger partial charge is 0.343 e. The normalized spacial score (nSPS) is 12.3. The maximum atomic E-state index is 12.9. The van der Waals surface area contributed by atoms with E-state index in [4.69, 9.17) is 5.26 Å². The van der Waals surface area contributed by atoms with E-state index in [0.29, 0.717) is 5.56 Å². The number of thiophene rings is 1. The molecular formula is C25H27N3O3S2. The van der Waals surface area contributed by atoms with Crippen LogP contribution in [0.1, 0.15) is 47.4 Å². The van der Waals surface area contributed by atoms with Crippen LogP contribution in [0.2, 0.25) is 0 Å². The molecule has 8 heteroatoms. The van der Waals surface area contributed by atoms with Gasteiger partial charge in [0.2, 0.25) is 15.9 Å². The number of nitrogens with one attached hydrogen (secondary N) is 1. The van der Waals surface area contributed by atoms with Crippen molar-refractivity contribution in [3.63, 3.8) is 0 Å². The molecule has 6 nitrogen and oxygen atoms in total. The molecule has 1 aromatic heterocycles. The number of aryl methyl sites for hydroxylation is 1. The number of carbonyl (C=O) groups is 1. The molecule has 0 saturated heterocycles. The van der Waals surface area contributed by atoms with E-state index in [0.717, 1.165) is 34.0 Å². The molecule has 1 amide bonds. The maximum Gasteiger partial charge on any atom is 0.243 e. The lowest BCUT2D eigenvalue weighted by atomic mass is 10.0. The molecule has 172 valence electrons. The minimum absolute atomic E-state index is 0.0364. The van der Waals surface area contributed by atoms with E-state index >= 15 is 0 Å². The summed E-state index contributed by atoms with van der Waals surface area (Å²) in [6, 6.07) is 19.3. The Kier molecular flexibility index (Phi) is 8.39. The second kappa shape index (κ2) is 11.2. The van der Waals surface area contributed by atoms with Crippen molar-refractivity contribution < 1.29 is 13.2 Å². The highest BCUT2D eigenvalue weighted by Crippen LogP contribution is 2.27. The third kappa shape index (κ3) is 6.29. The van der Waals surface area contributed by atoms with Crippen LogP contribution < -0.4 is 5.32 Å². The van der Waals surface area contributed by atoms with Gasteiger partial charge in [0.1, 0.15) is 0 Å². The molecular weight excluding hydrogens is 454 g/mol. The molecule has 33 heavy (non-hydrogen) atoms. The van der Waals surface area contributed by atoms with Gasteiger partial charge in [-0.25, -0.2) is 8.42 Å². The van der Waals surface area contributed by atoms with Crippen LogP contribution in [0.5, 0.6) is 0 Å². The SMILES string of the molecule is CCCCc1ccc(C(NC(=O)CN(C)S(=O)(=O)c2ccc(C#N)cc2)c2cccs2)cc1. The molecule has 0 spiro atoms. The second-order valence-electron chi connectivity index (χ2n) is 7.76. The van der Waals surface area contributed by atoms with Crippen molar-refractivity contribution in [1.29, 1.82) is 5.26 Å². The molecule has 0 radical (unpaired) electrons. The molecule has 2 aromatic carbocycles. The summed E-state index contributed by atoms with van der Waals surface area (Å²) in [6.45, 7) is 1.84. The summed E-state index contributed by atoms with van der Waals surface area (Å²) in [4.78, 5) is 13.9. The summed E-state index contributed by atoms with van der Waals surface area (Å²) in [5, 5.41) is 13.9. The van der Waals surface area contributed by atoms with Gasteiger partial charge in [-0.05, 0) is 59.7 Å². The Labute approximate surface area is 199 Å². The third-order valence-electron chi connectivity index (χ3n) is 5.32. The Balaban J connectivity index is 1.74. The van der Waals surface area contributed by atoms with Crippen LogP contribution in [0.15, 0.2) is 70.9 Å². The molecule has 0 aliphatic carbocycles. The van der Waals surface area contributed by atoms with Gasteiger partial charge in [0.05, 0.1) is 29.1 Å². The van der Waals surface area contributed by atoms with Crippen molar-refractivity contribution in [1.82, 2.24) is 9.62 Å². The van der Waals surface area contributed by atoms with Crippen molar-refractivity contribution in [2.24, 2.45) is 0 Å². The number of rotatable bonds is 10. The number of amides is 1. The first-order valence-electron chi connectivity index (χ1n) is 10.7. The molecule has 3 rings (SSSR count). The van der Waals surface area contributed by atoms with Crippen molar-refractivity contribution in [3.05, 3.63) is 87.6 Å². The molecule has 1 atom stereocenters. The first-order chi connectivity index (χ1) is 15.8. The van der Waals surface area contributed by atoms with E-state index in [2.05, 4.69) is 24.4 Å². The van der Waals surface area contributed by atoms with E-state index in [9.17, 15) is 13.2 Å². The number of likely N-dealkylation sites (N-methyl/N-ethyl adjacent to an activating group) is 1. The Morgan fingerprint density at radius 1 is 1.12 bits per heavy atom. The Hall–Kier alpha value is -2.99. The quantitative estimate of drug-likeness (QED) is 0.462. The van der Waals surface area contributed by atoms with Crippen molar-refractivity contribution in [3.8, 4) is 6.07 Å². The fourth-order valence-corrected chi connectivity index (χ4v) is 5.34. The smallest absolute Gasteiger partial charge is 0.243 e. The number of carbonyl (C=O) groups excluding carboxylic acids is 1. The number of hydrogen-bond donors (Lipinski definition) is 1. The highest BCUT2D eigenvalue weighted by molar-refractivity contribution is 7.89. The Morgan fingerprint density at radius 3 is 2.39 bits per heavy atom. The van der Waals surface area contributed by atoms with E-state index < -0.39 is 15.9 Å². The zero-order valence-corrected chi connectivity index (χ0v) is 20.3. The van der Waals surface area contributed by atoms with Gasteiger partial charge in [-0.1, -0.05) is 43.7 Å². The number of sulfonamides is 1. The number of unbranched alkanes of at least 4 members (excludes halogenated alkanes) is 1. The van der Waals surface area contributed by atoms with Crippen LogP contribution >= 0.6 is 11.3 Å². The molecule has 3 aromatic rings. The fourth-order valence-electron chi connectivity index (χ4n) is 3.41. The predicted octanol–water partition coefficient (Wildman–Crippen LogP) is 4.49. The molecule has 0 aliphatic heterocycles. The van der Waals surface area contributed by atoms with Crippen LogP contribution in [0.3, 0.4) is 0 Å². The highest BCUT2D eigenvalue weighted by atomic mass is 32.2. The number of benzene rings is 2. The average Bonchev–Trinajstić information content (AvgIpc) is 3.36. The van der Waals surface area contributed by atoms with Crippen LogP contribution in [-0.2, 0) is 21.2 Å². The van der Waals surface area contributed by atoms with Gasteiger partial charge in [-0.15, -0.1) is 11.3 Å².